The highest BCUT2D eigenvalue weighted by Gasteiger charge is 2.17. The van der Waals surface area contributed by atoms with E-state index in [2.05, 4.69) is 0 Å². The lowest BCUT2D eigenvalue weighted by Gasteiger charge is -2.06. The number of primary amides is 1. The molecule has 8 heteroatoms. The van der Waals surface area contributed by atoms with Gasteiger partial charge in [-0.1, -0.05) is 0 Å². The number of carboxylic acids is 1. The Balaban J connectivity index is 2.79. The van der Waals surface area contributed by atoms with Crippen molar-refractivity contribution in [3.63, 3.8) is 0 Å². The molecule has 0 heterocycles. The summed E-state index contributed by atoms with van der Waals surface area (Å²) in [5.74, 6) is -1.77. The smallest absolute Gasteiger partial charge is 0.311 e. The van der Waals surface area contributed by atoms with Crippen molar-refractivity contribution in [2.45, 2.75) is 12.8 Å². The average molecular weight is 268 g/mol. The van der Waals surface area contributed by atoms with Crippen LogP contribution < -0.4 is 10.5 Å². The number of nitrogens with zero attached hydrogens (tertiary/aromatic N) is 1. The second-order valence-corrected chi connectivity index (χ2v) is 3.65. The third kappa shape index (κ3) is 4.26. The Morgan fingerprint density at radius 2 is 2.11 bits per heavy atom. The molecule has 0 saturated carbocycles. The summed E-state index contributed by atoms with van der Waals surface area (Å²) in [5.41, 5.74) is 4.64. The van der Waals surface area contributed by atoms with Crippen LogP contribution in [0.25, 0.3) is 0 Å². The monoisotopic (exact) mass is 268 g/mol. The van der Waals surface area contributed by atoms with Crippen molar-refractivity contribution in [3.8, 4) is 5.75 Å². The minimum absolute atomic E-state index is 0.00425. The molecule has 0 unspecified atom stereocenters. The summed E-state index contributed by atoms with van der Waals surface area (Å²) in [6, 6.07) is 3.59. The maximum atomic E-state index is 10.9. The quantitative estimate of drug-likeness (QED) is 0.429. The molecule has 0 aliphatic heterocycles. The number of amides is 1. The maximum Gasteiger partial charge on any atom is 0.311 e. The van der Waals surface area contributed by atoms with Gasteiger partial charge in [0.1, 0.15) is 0 Å². The topological polar surface area (TPSA) is 133 Å². The van der Waals surface area contributed by atoms with Crippen LogP contribution >= 0.6 is 0 Å². The molecule has 3 N–H and O–H groups in total. The van der Waals surface area contributed by atoms with Crippen molar-refractivity contribution in [1.29, 1.82) is 0 Å². The molecule has 0 radical (unpaired) electrons. The average Bonchev–Trinajstić information content (AvgIpc) is 2.34. The molecule has 0 fully saturated rings. The van der Waals surface area contributed by atoms with E-state index in [0.717, 1.165) is 6.07 Å². The van der Waals surface area contributed by atoms with Gasteiger partial charge >= 0.3 is 11.7 Å². The van der Waals surface area contributed by atoms with E-state index in [1.54, 1.807) is 0 Å². The Morgan fingerprint density at radius 1 is 1.42 bits per heavy atom. The van der Waals surface area contributed by atoms with Crippen molar-refractivity contribution in [3.05, 3.63) is 33.9 Å². The van der Waals surface area contributed by atoms with E-state index in [1.807, 2.05) is 0 Å². The lowest BCUT2D eigenvalue weighted by molar-refractivity contribution is -0.385. The molecule has 8 nitrogen and oxygen atoms in total. The van der Waals surface area contributed by atoms with Crippen LogP contribution in [-0.2, 0) is 4.79 Å². The third-order valence-electron chi connectivity index (χ3n) is 2.23. The van der Waals surface area contributed by atoms with Crippen LogP contribution in [0.2, 0.25) is 0 Å². The molecule has 102 valence electrons. The first-order chi connectivity index (χ1) is 8.91. The Bertz CT molecular complexity index is 514. The van der Waals surface area contributed by atoms with E-state index >= 15 is 0 Å². The van der Waals surface area contributed by atoms with Crippen LogP contribution in [-0.4, -0.2) is 28.5 Å². The minimum Gasteiger partial charge on any atom is -0.487 e. The van der Waals surface area contributed by atoms with Gasteiger partial charge in [-0.3, -0.25) is 19.7 Å². The standard InChI is InChI=1S/C11H12N2O6/c12-11(16)7-3-4-9(8(6-7)13(17)18)19-5-1-2-10(14)15/h3-4,6H,1-2,5H2,(H2,12,16)(H,14,15). The normalized spacial score (nSPS) is 9.89. The van der Waals surface area contributed by atoms with Crippen LogP contribution in [0.3, 0.4) is 0 Å². The zero-order valence-corrected chi connectivity index (χ0v) is 9.87. The highest BCUT2D eigenvalue weighted by atomic mass is 16.6. The summed E-state index contributed by atoms with van der Waals surface area (Å²) < 4.78 is 5.13. The van der Waals surface area contributed by atoms with Gasteiger partial charge in [0.25, 0.3) is 0 Å². The largest absolute Gasteiger partial charge is 0.487 e. The fourth-order valence-electron chi connectivity index (χ4n) is 1.34. The Hall–Kier alpha value is -2.64. The second-order valence-electron chi connectivity index (χ2n) is 3.65. The summed E-state index contributed by atoms with van der Waals surface area (Å²) >= 11 is 0. The van der Waals surface area contributed by atoms with Gasteiger partial charge in [0, 0.05) is 18.1 Å². The fraction of sp³-hybridized carbons (Fsp3) is 0.273. The van der Waals surface area contributed by atoms with Crippen molar-refractivity contribution in [2.75, 3.05) is 6.61 Å². The molecule has 1 amide bonds. The van der Waals surface area contributed by atoms with E-state index in [9.17, 15) is 19.7 Å². The van der Waals surface area contributed by atoms with Crippen LogP contribution in [0.4, 0.5) is 5.69 Å². The SMILES string of the molecule is NC(=O)c1ccc(OCCCC(=O)O)c([N+](=O)[O-])c1. The number of hydrogen-bond acceptors (Lipinski definition) is 5. The molecule has 0 aliphatic carbocycles. The highest BCUT2D eigenvalue weighted by molar-refractivity contribution is 5.93. The highest BCUT2D eigenvalue weighted by Crippen LogP contribution is 2.28. The number of carboxylic acid groups (broad SMARTS) is 1. The van der Waals surface area contributed by atoms with Gasteiger partial charge in [-0.25, -0.2) is 0 Å². The van der Waals surface area contributed by atoms with Crippen LogP contribution in [0.1, 0.15) is 23.2 Å². The van der Waals surface area contributed by atoms with Crippen LogP contribution in [0.5, 0.6) is 5.75 Å². The van der Waals surface area contributed by atoms with Gasteiger partial charge in [-0.2, -0.15) is 0 Å². The maximum absolute atomic E-state index is 10.9. The Kier molecular flexibility index (Phi) is 4.81. The van der Waals surface area contributed by atoms with Gasteiger partial charge in [0.15, 0.2) is 5.75 Å². The Labute approximate surface area is 107 Å². The molecule has 0 bridgehead atoms. The molecule has 1 aromatic rings. The molecule has 0 saturated heterocycles. The summed E-state index contributed by atoms with van der Waals surface area (Å²) in [6.45, 7) is 0.0308. The molecule has 1 rings (SSSR count). The molecule has 19 heavy (non-hydrogen) atoms. The van der Waals surface area contributed by atoms with E-state index in [-0.39, 0.29) is 36.4 Å². The number of rotatable bonds is 7. The van der Waals surface area contributed by atoms with Crippen molar-refractivity contribution < 1.29 is 24.4 Å². The number of hydrogen-bond donors (Lipinski definition) is 2. The summed E-state index contributed by atoms with van der Waals surface area (Å²) in [4.78, 5) is 31.3. The predicted molar refractivity (Wildman–Crippen MR) is 64.0 cm³/mol. The first-order valence-electron chi connectivity index (χ1n) is 5.34. The molecular formula is C11H12N2O6. The lowest BCUT2D eigenvalue weighted by atomic mass is 10.2. The second kappa shape index (κ2) is 6.34. The van der Waals surface area contributed by atoms with Gasteiger partial charge < -0.3 is 15.6 Å². The zero-order chi connectivity index (χ0) is 14.4. The first kappa shape index (κ1) is 14.4. The summed E-state index contributed by atoms with van der Waals surface area (Å²) in [7, 11) is 0. The molecule has 0 atom stereocenters. The lowest BCUT2D eigenvalue weighted by Crippen LogP contribution is -2.11. The summed E-state index contributed by atoms with van der Waals surface area (Å²) in [5, 5.41) is 19.3. The van der Waals surface area contributed by atoms with Crippen molar-refractivity contribution in [1.82, 2.24) is 0 Å². The van der Waals surface area contributed by atoms with E-state index < -0.39 is 16.8 Å². The van der Waals surface area contributed by atoms with E-state index in [0.29, 0.717) is 0 Å². The van der Waals surface area contributed by atoms with Gasteiger partial charge in [0.05, 0.1) is 11.5 Å². The Morgan fingerprint density at radius 3 is 2.63 bits per heavy atom. The van der Waals surface area contributed by atoms with Gasteiger partial charge in [0.2, 0.25) is 5.91 Å². The molecule has 0 spiro atoms. The van der Waals surface area contributed by atoms with Crippen LogP contribution in [0.15, 0.2) is 18.2 Å². The number of ether oxygens (including phenoxy) is 1. The molecular weight excluding hydrogens is 256 g/mol. The van der Waals surface area contributed by atoms with Crippen LogP contribution in [0, 0.1) is 10.1 Å². The number of benzene rings is 1. The number of carbonyl (C=O) groups is 2. The van der Waals surface area contributed by atoms with Crippen molar-refractivity contribution >= 4 is 17.6 Å². The number of nitro groups is 1. The number of nitro benzene ring substituents is 1. The molecule has 1 aromatic carbocycles. The number of nitrogens with two attached hydrogens (primary N) is 1. The van der Waals surface area contributed by atoms with Crippen molar-refractivity contribution in [2.24, 2.45) is 5.73 Å². The third-order valence-corrected chi connectivity index (χ3v) is 2.23. The number of aliphatic carboxylic acids is 1. The van der Waals surface area contributed by atoms with E-state index in [1.165, 1.54) is 12.1 Å². The number of carbonyl (C=O) groups excluding carboxylic acids is 1. The fourth-order valence-corrected chi connectivity index (χ4v) is 1.34. The first-order valence-corrected chi connectivity index (χ1v) is 5.34. The van der Waals surface area contributed by atoms with Gasteiger partial charge in [-0.15, -0.1) is 0 Å². The molecule has 0 aromatic heterocycles. The van der Waals surface area contributed by atoms with E-state index in [4.69, 9.17) is 15.6 Å². The molecule has 0 aliphatic rings. The zero-order valence-electron chi connectivity index (χ0n) is 9.87. The van der Waals surface area contributed by atoms with Gasteiger partial charge in [-0.05, 0) is 18.6 Å². The summed E-state index contributed by atoms with van der Waals surface area (Å²) in [6.07, 6.45) is 0.136. The predicted octanol–water partition coefficient (Wildman–Crippen LogP) is 0.937. The minimum atomic E-state index is -0.970.